The Kier molecular flexibility index (Phi) is 7.27. The van der Waals surface area contributed by atoms with E-state index in [9.17, 15) is 4.79 Å². The number of rotatable bonds is 7. The summed E-state index contributed by atoms with van der Waals surface area (Å²) in [6.07, 6.45) is 0. The molecule has 0 saturated carbocycles. The molecule has 0 fully saturated rings. The Morgan fingerprint density at radius 2 is 1.82 bits per heavy atom. The molecule has 1 aromatic heterocycles. The van der Waals surface area contributed by atoms with Crippen molar-refractivity contribution in [2.45, 2.75) is 17.0 Å². The van der Waals surface area contributed by atoms with Crippen LogP contribution in [0.3, 0.4) is 0 Å². The van der Waals surface area contributed by atoms with E-state index >= 15 is 0 Å². The molecule has 0 radical (unpaired) electrons. The van der Waals surface area contributed by atoms with Gasteiger partial charge < -0.3 is 10.2 Å². The summed E-state index contributed by atoms with van der Waals surface area (Å²) in [7, 11) is 3.99. The lowest BCUT2D eigenvalue weighted by Crippen LogP contribution is -2.14. The van der Waals surface area contributed by atoms with Crippen molar-refractivity contribution in [3.05, 3.63) is 93.4 Å². The molecule has 0 aliphatic heterocycles. The molecule has 33 heavy (non-hydrogen) atoms. The number of benzene rings is 3. The maximum Gasteiger partial charge on any atom is 0.255 e. The summed E-state index contributed by atoms with van der Waals surface area (Å²) in [6.45, 7) is 1.99. The second-order valence-corrected chi connectivity index (χ2v) is 10.6. The minimum absolute atomic E-state index is 0.150. The molecule has 0 aliphatic rings. The highest BCUT2D eigenvalue weighted by Gasteiger charge is 2.11. The lowest BCUT2D eigenvalue weighted by molar-refractivity contribution is 0.102. The molecule has 1 amide bonds. The molecule has 0 saturated heterocycles. The Balaban J connectivity index is 1.44. The number of nitrogens with zero attached hydrogens (tertiary/aromatic N) is 3. The van der Waals surface area contributed by atoms with Gasteiger partial charge in [0.15, 0.2) is 8.29 Å². The van der Waals surface area contributed by atoms with E-state index in [1.807, 2.05) is 68.4 Å². The molecule has 0 atom stereocenters. The Morgan fingerprint density at radius 3 is 2.48 bits per heavy atom. The maximum absolute atomic E-state index is 12.8. The molecular formula is C25H24N4OS3. The van der Waals surface area contributed by atoms with Gasteiger partial charge in [-0.2, -0.15) is 0 Å². The Morgan fingerprint density at radius 1 is 1.09 bits per heavy atom. The third-order valence-electron chi connectivity index (χ3n) is 5.08. The fourth-order valence-electron chi connectivity index (χ4n) is 3.22. The van der Waals surface area contributed by atoms with Gasteiger partial charge in [0.25, 0.3) is 5.91 Å². The van der Waals surface area contributed by atoms with Crippen molar-refractivity contribution in [2.75, 3.05) is 24.3 Å². The number of nitrogens with one attached hydrogen (secondary N) is 1. The monoisotopic (exact) mass is 492 g/mol. The number of aromatic nitrogens is 2. The second-order valence-electron chi connectivity index (χ2n) is 7.71. The van der Waals surface area contributed by atoms with Crippen molar-refractivity contribution < 1.29 is 4.79 Å². The maximum atomic E-state index is 12.8. The number of thioether (sulfide) groups is 1. The minimum atomic E-state index is -0.150. The molecule has 0 bridgehead atoms. The molecule has 3 aromatic carbocycles. The summed E-state index contributed by atoms with van der Waals surface area (Å²) in [5.41, 5.74) is 5.58. The fourth-order valence-corrected chi connectivity index (χ4v) is 5.53. The predicted octanol–water partition coefficient (Wildman–Crippen LogP) is 6.58. The molecule has 5 nitrogen and oxygen atoms in total. The van der Waals surface area contributed by atoms with Gasteiger partial charge in [-0.15, -0.1) is 5.10 Å². The average molecular weight is 493 g/mol. The van der Waals surface area contributed by atoms with Crippen LogP contribution in [0.1, 0.15) is 21.5 Å². The van der Waals surface area contributed by atoms with Crippen LogP contribution < -0.4 is 10.2 Å². The molecule has 0 spiro atoms. The highest BCUT2D eigenvalue weighted by atomic mass is 32.2. The third kappa shape index (κ3) is 5.71. The number of aryl methyl sites for hydroxylation is 1. The van der Waals surface area contributed by atoms with Crippen LogP contribution in [0, 0.1) is 10.9 Å². The first kappa shape index (κ1) is 23.2. The zero-order chi connectivity index (χ0) is 23.4. The topological polar surface area (TPSA) is 50.2 Å². The lowest BCUT2D eigenvalue weighted by atomic mass is 10.1. The Labute approximate surface area is 207 Å². The van der Waals surface area contributed by atoms with E-state index in [-0.39, 0.29) is 5.91 Å². The van der Waals surface area contributed by atoms with Gasteiger partial charge in [-0.25, -0.2) is 4.68 Å². The van der Waals surface area contributed by atoms with E-state index in [4.69, 9.17) is 12.2 Å². The van der Waals surface area contributed by atoms with Crippen LogP contribution in [-0.4, -0.2) is 29.8 Å². The first-order valence-electron chi connectivity index (χ1n) is 10.4. The van der Waals surface area contributed by atoms with E-state index in [1.54, 1.807) is 28.6 Å². The van der Waals surface area contributed by atoms with Gasteiger partial charge in [-0.3, -0.25) is 4.79 Å². The summed E-state index contributed by atoms with van der Waals surface area (Å²) in [5, 5.41) is 7.66. The minimum Gasteiger partial charge on any atom is -0.378 e. The predicted molar refractivity (Wildman–Crippen MR) is 142 cm³/mol. The Bertz CT molecular complexity index is 1310. The van der Waals surface area contributed by atoms with Crippen molar-refractivity contribution in [3.8, 4) is 5.69 Å². The molecule has 0 unspecified atom stereocenters. The van der Waals surface area contributed by atoms with Crippen molar-refractivity contribution in [1.29, 1.82) is 0 Å². The number of hydrogen-bond donors (Lipinski definition) is 1. The summed E-state index contributed by atoms with van der Waals surface area (Å²) in [6, 6.07) is 23.6. The van der Waals surface area contributed by atoms with Crippen LogP contribution in [0.15, 0.2) is 77.1 Å². The summed E-state index contributed by atoms with van der Waals surface area (Å²) >= 11 is 8.68. The third-order valence-corrected chi connectivity index (χ3v) is 7.52. The first-order chi connectivity index (χ1) is 15.9. The zero-order valence-corrected chi connectivity index (χ0v) is 21.1. The SMILES string of the molecule is Cc1cc(N(C)C)ccc1NC(=O)c1ccc(-n2nc(SCc3ccccc3)sc2=S)cc1. The highest BCUT2D eigenvalue weighted by molar-refractivity contribution is 8.00. The molecule has 1 heterocycles. The quantitative estimate of drug-likeness (QED) is 0.233. The Hall–Kier alpha value is -2.94. The normalized spacial score (nSPS) is 10.8. The van der Waals surface area contributed by atoms with Crippen LogP contribution in [0.2, 0.25) is 0 Å². The molecule has 168 valence electrons. The summed E-state index contributed by atoms with van der Waals surface area (Å²) in [4.78, 5) is 14.8. The van der Waals surface area contributed by atoms with Crippen molar-refractivity contribution in [1.82, 2.24) is 9.78 Å². The van der Waals surface area contributed by atoms with Gasteiger partial charge in [-0.1, -0.05) is 53.4 Å². The van der Waals surface area contributed by atoms with Gasteiger partial charge in [0, 0.05) is 36.8 Å². The highest BCUT2D eigenvalue weighted by Crippen LogP contribution is 2.27. The van der Waals surface area contributed by atoms with E-state index in [2.05, 4.69) is 28.6 Å². The smallest absolute Gasteiger partial charge is 0.255 e. The van der Waals surface area contributed by atoms with Crippen LogP contribution in [0.5, 0.6) is 0 Å². The van der Waals surface area contributed by atoms with Crippen molar-refractivity contribution in [3.63, 3.8) is 0 Å². The fraction of sp³-hybridized carbons (Fsp3) is 0.160. The van der Waals surface area contributed by atoms with E-state index in [0.717, 1.165) is 32.7 Å². The van der Waals surface area contributed by atoms with Gasteiger partial charge in [0.2, 0.25) is 0 Å². The van der Waals surface area contributed by atoms with Gasteiger partial charge in [0.1, 0.15) is 0 Å². The van der Waals surface area contributed by atoms with E-state index < -0.39 is 0 Å². The van der Waals surface area contributed by atoms with Crippen LogP contribution in [-0.2, 0) is 5.75 Å². The molecule has 8 heteroatoms. The lowest BCUT2D eigenvalue weighted by Gasteiger charge is -2.15. The second kappa shape index (κ2) is 10.3. The van der Waals surface area contributed by atoms with Gasteiger partial charge in [-0.05, 0) is 72.7 Å². The van der Waals surface area contributed by atoms with Crippen LogP contribution >= 0.6 is 35.3 Å². The summed E-state index contributed by atoms with van der Waals surface area (Å²) < 4.78 is 3.35. The van der Waals surface area contributed by atoms with Crippen LogP contribution in [0.4, 0.5) is 11.4 Å². The average Bonchev–Trinajstić information content (AvgIpc) is 3.20. The molecule has 0 aliphatic carbocycles. The number of amides is 1. The van der Waals surface area contributed by atoms with Crippen molar-refractivity contribution in [2.24, 2.45) is 0 Å². The van der Waals surface area contributed by atoms with Gasteiger partial charge >= 0.3 is 0 Å². The summed E-state index contributed by atoms with van der Waals surface area (Å²) in [5.74, 6) is 0.695. The van der Waals surface area contributed by atoms with Crippen LogP contribution in [0.25, 0.3) is 5.69 Å². The number of anilines is 2. The number of carbonyl (C=O) groups is 1. The number of hydrogen-bond acceptors (Lipinski definition) is 6. The first-order valence-corrected chi connectivity index (χ1v) is 12.6. The largest absolute Gasteiger partial charge is 0.378 e. The van der Waals surface area contributed by atoms with E-state index in [0.29, 0.717) is 9.52 Å². The van der Waals surface area contributed by atoms with Gasteiger partial charge in [0.05, 0.1) is 5.69 Å². The van der Waals surface area contributed by atoms with E-state index in [1.165, 1.54) is 16.9 Å². The molecule has 4 rings (SSSR count). The zero-order valence-electron chi connectivity index (χ0n) is 18.6. The molecule has 4 aromatic rings. The number of carbonyl (C=O) groups excluding carboxylic acids is 1. The van der Waals surface area contributed by atoms with Crippen molar-refractivity contribution >= 4 is 52.6 Å². The molecule has 1 N–H and O–H groups in total. The standard InChI is InChI=1S/C25H24N4OS3/c1-17-15-21(28(2)3)13-14-22(17)26-23(30)19-9-11-20(12-10-19)29-25(31)33-24(27-29)32-16-18-7-5-4-6-8-18/h4-15H,16H2,1-3H3,(H,26,30). The molecular weight excluding hydrogens is 469 g/mol.